The minimum absolute atomic E-state index is 0.486. The predicted octanol–water partition coefficient (Wildman–Crippen LogP) is 2.53. The molecule has 0 aromatic carbocycles. The van der Waals surface area contributed by atoms with Crippen molar-refractivity contribution in [2.24, 2.45) is 15.3 Å². The van der Waals surface area contributed by atoms with Gasteiger partial charge in [-0.25, -0.2) is 9.39 Å². The van der Waals surface area contributed by atoms with Gasteiger partial charge >= 0.3 is 0 Å². The molecule has 10 heavy (non-hydrogen) atoms. The maximum absolute atomic E-state index is 3.92. The summed E-state index contributed by atoms with van der Waals surface area (Å²) in [5.74, 6) is 0.486. The topological polar surface area (TPSA) is 24.7 Å². The molecule has 0 amide bonds. The maximum atomic E-state index is 3.92. The van der Waals surface area contributed by atoms with E-state index in [1.165, 1.54) is 18.3 Å². The first-order valence-electron chi connectivity index (χ1n) is 3.09. The molecule has 2 nitrogen and oxygen atoms in total. The molecule has 0 atom stereocenters. The summed E-state index contributed by atoms with van der Waals surface area (Å²) >= 11 is 1.28. The molecule has 0 bridgehead atoms. The second-order valence-corrected chi connectivity index (χ2v) is 2.79. The van der Waals surface area contributed by atoms with Crippen molar-refractivity contribution in [2.45, 2.75) is 13.8 Å². The van der Waals surface area contributed by atoms with E-state index in [1.54, 1.807) is 5.41 Å². The van der Waals surface area contributed by atoms with Crippen LogP contribution in [0.3, 0.4) is 0 Å². The third-order valence-corrected chi connectivity index (χ3v) is 0.998. The van der Waals surface area contributed by atoms with Crippen molar-refractivity contribution in [3.05, 3.63) is 12.0 Å². The third kappa shape index (κ3) is 7.43. The number of hydrogen-bond donors (Lipinski definition) is 0. The van der Waals surface area contributed by atoms with Crippen molar-refractivity contribution in [1.82, 2.24) is 0 Å². The number of rotatable bonds is 4. The van der Waals surface area contributed by atoms with Crippen LogP contribution in [0.2, 0.25) is 0 Å². The van der Waals surface area contributed by atoms with Crippen molar-refractivity contribution in [2.75, 3.05) is 0 Å². The van der Waals surface area contributed by atoms with Crippen molar-refractivity contribution in [3.8, 4) is 0 Å². The van der Waals surface area contributed by atoms with Crippen LogP contribution in [-0.4, -0.2) is 12.6 Å². The van der Waals surface area contributed by atoms with Gasteiger partial charge in [-0.3, -0.25) is 0 Å². The van der Waals surface area contributed by atoms with Gasteiger partial charge in [0.1, 0.15) is 6.34 Å². The summed E-state index contributed by atoms with van der Waals surface area (Å²) in [6, 6.07) is 0. The molecule has 0 fully saturated rings. The normalized spacial score (nSPS) is 11.9. The highest BCUT2D eigenvalue weighted by atomic mass is 32.2. The van der Waals surface area contributed by atoms with Crippen LogP contribution in [0.5, 0.6) is 0 Å². The molecular formula is C7H12N2S. The molecule has 0 aromatic heterocycles. The monoisotopic (exact) mass is 156 g/mol. The van der Waals surface area contributed by atoms with Gasteiger partial charge in [0.05, 0.1) is 0 Å². The van der Waals surface area contributed by atoms with Crippen LogP contribution in [0.15, 0.2) is 21.4 Å². The Morgan fingerprint density at radius 3 is 2.70 bits per heavy atom. The highest BCUT2D eigenvalue weighted by molar-refractivity contribution is 8.00. The van der Waals surface area contributed by atoms with E-state index in [2.05, 4.69) is 29.8 Å². The summed E-state index contributed by atoms with van der Waals surface area (Å²) in [6.07, 6.45) is 3.36. The lowest BCUT2D eigenvalue weighted by Crippen LogP contribution is -1.85. The Balaban J connectivity index is 3.41. The zero-order chi connectivity index (χ0) is 7.82. The number of nitrogens with zero attached hydrogens (tertiary/aromatic N) is 2. The van der Waals surface area contributed by atoms with E-state index >= 15 is 0 Å². The second kappa shape index (κ2) is 6.55. The van der Waals surface area contributed by atoms with Crippen LogP contribution in [0.1, 0.15) is 13.8 Å². The highest BCUT2D eigenvalue weighted by Gasteiger charge is 1.80. The van der Waals surface area contributed by atoms with E-state index in [-0.39, 0.29) is 0 Å². The van der Waals surface area contributed by atoms with E-state index in [0.717, 1.165) is 0 Å². The van der Waals surface area contributed by atoms with Gasteiger partial charge in [-0.2, -0.15) is 0 Å². The van der Waals surface area contributed by atoms with Gasteiger partial charge in [-0.05, 0) is 11.3 Å². The first-order valence-corrected chi connectivity index (χ1v) is 3.93. The molecule has 3 heteroatoms. The second-order valence-electron chi connectivity index (χ2n) is 2.04. The van der Waals surface area contributed by atoms with Crippen LogP contribution in [0.25, 0.3) is 0 Å². The van der Waals surface area contributed by atoms with Gasteiger partial charge in [-0.1, -0.05) is 20.4 Å². The Morgan fingerprint density at radius 2 is 2.20 bits per heavy atom. The first kappa shape index (κ1) is 9.43. The third-order valence-electron chi connectivity index (χ3n) is 0.633. The average Bonchev–Trinajstić information content (AvgIpc) is 1.87. The van der Waals surface area contributed by atoms with Gasteiger partial charge < -0.3 is 0 Å². The van der Waals surface area contributed by atoms with Gasteiger partial charge in [-0.15, -0.1) is 0 Å². The standard InChI is InChI=1S/C7H12N2S/c1-4-10-9-6-8-5-7(2)3/h4-7H,1H2,2-3H3/b8-5+,9-6-. The van der Waals surface area contributed by atoms with Gasteiger partial charge in [0.2, 0.25) is 0 Å². The summed E-state index contributed by atoms with van der Waals surface area (Å²) in [5, 5.41) is 1.65. The quantitative estimate of drug-likeness (QED) is 0.349. The van der Waals surface area contributed by atoms with E-state index in [0.29, 0.717) is 5.92 Å². The zero-order valence-electron chi connectivity index (χ0n) is 6.32. The lowest BCUT2D eigenvalue weighted by Gasteiger charge is -1.87. The average molecular weight is 156 g/mol. The summed E-state index contributed by atoms with van der Waals surface area (Å²) in [7, 11) is 0. The molecule has 0 aliphatic rings. The SMILES string of the molecule is C=CS/N=C\N=C\C(C)C. The van der Waals surface area contributed by atoms with Crippen molar-refractivity contribution in [3.63, 3.8) is 0 Å². The van der Waals surface area contributed by atoms with Crippen LogP contribution in [0, 0.1) is 5.92 Å². The van der Waals surface area contributed by atoms with Crippen LogP contribution >= 0.6 is 11.9 Å². The summed E-state index contributed by atoms with van der Waals surface area (Å²) in [5.41, 5.74) is 0. The summed E-state index contributed by atoms with van der Waals surface area (Å²) in [4.78, 5) is 3.92. The first-order chi connectivity index (χ1) is 4.77. The van der Waals surface area contributed by atoms with E-state index < -0.39 is 0 Å². The Morgan fingerprint density at radius 1 is 1.50 bits per heavy atom. The van der Waals surface area contributed by atoms with Gasteiger partial charge in [0.25, 0.3) is 0 Å². The largest absolute Gasteiger partial charge is 0.248 e. The molecule has 0 saturated carbocycles. The van der Waals surface area contributed by atoms with E-state index in [1.807, 2.05) is 6.21 Å². The fourth-order valence-electron chi connectivity index (χ4n) is 0.308. The molecule has 0 radical (unpaired) electrons. The molecule has 0 saturated heterocycles. The Kier molecular flexibility index (Phi) is 6.18. The van der Waals surface area contributed by atoms with Crippen molar-refractivity contribution < 1.29 is 0 Å². The fourth-order valence-corrected chi connectivity index (χ4v) is 0.503. The minimum Gasteiger partial charge on any atom is -0.248 e. The molecule has 0 aliphatic heterocycles. The lowest BCUT2D eigenvalue weighted by atomic mass is 10.3. The molecule has 0 heterocycles. The molecule has 0 N–H and O–H groups in total. The molecule has 0 unspecified atom stereocenters. The molecule has 0 aromatic rings. The molecule has 56 valence electrons. The molecule has 0 spiro atoms. The number of hydrogen-bond acceptors (Lipinski definition) is 2. The van der Waals surface area contributed by atoms with Gasteiger partial charge in [0.15, 0.2) is 0 Å². The summed E-state index contributed by atoms with van der Waals surface area (Å²) in [6.45, 7) is 7.63. The minimum atomic E-state index is 0.486. The Labute approximate surface area is 66.3 Å². The lowest BCUT2D eigenvalue weighted by molar-refractivity contribution is 0.909. The van der Waals surface area contributed by atoms with Crippen LogP contribution < -0.4 is 0 Å². The number of aliphatic imine (C=N–C) groups is 1. The molecule has 0 aliphatic carbocycles. The van der Waals surface area contributed by atoms with E-state index in [9.17, 15) is 0 Å². The highest BCUT2D eigenvalue weighted by Crippen LogP contribution is 1.98. The Hall–Kier alpha value is -0.570. The van der Waals surface area contributed by atoms with Gasteiger partial charge in [0, 0.05) is 18.2 Å². The smallest absolute Gasteiger partial charge is 0.123 e. The molecular weight excluding hydrogens is 144 g/mol. The molecule has 0 rings (SSSR count). The van der Waals surface area contributed by atoms with Crippen molar-refractivity contribution >= 4 is 24.5 Å². The fraction of sp³-hybridized carbons (Fsp3) is 0.429. The maximum Gasteiger partial charge on any atom is 0.123 e. The summed E-state index contributed by atoms with van der Waals surface area (Å²) < 4.78 is 3.84. The predicted molar refractivity (Wildman–Crippen MR) is 49.6 cm³/mol. The van der Waals surface area contributed by atoms with Crippen molar-refractivity contribution in [1.29, 1.82) is 0 Å². The van der Waals surface area contributed by atoms with E-state index in [4.69, 9.17) is 0 Å². The Bertz CT molecular complexity index is 139. The van der Waals surface area contributed by atoms with Crippen LogP contribution in [-0.2, 0) is 0 Å². The zero-order valence-corrected chi connectivity index (χ0v) is 7.14. The van der Waals surface area contributed by atoms with Crippen LogP contribution in [0.4, 0.5) is 0 Å².